The minimum Gasteiger partial charge on any atom is -0.366 e. The standard InChI is InChI=1S/C23H23FN2O2/c1-16-9-11-17(12-10-16)20-21(25-13-5-2-6-14-25)23(28)26(22(20)27)15-18-7-3-4-8-19(18)24/h3-4,7-12H,2,5-6,13-15H2,1H3. The zero-order chi connectivity index (χ0) is 19.7. The Kier molecular flexibility index (Phi) is 4.99. The molecule has 0 aromatic heterocycles. The van der Waals surface area contributed by atoms with Gasteiger partial charge in [-0.15, -0.1) is 0 Å². The van der Waals surface area contributed by atoms with Crippen LogP contribution in [0, 0.1) is 12.7 Å². The Morgan fingerprint density at radius 3 is 2.25 bits per heavy atom. The van der Waals surface area contributed by atoms with E-state index < -0.39 is 5.82 Å². The lowest BCUT2D eigenvalue weighted by atomic mass is 10.0. The maximum Gasteiger partial charge on any atom is 0.278 e. The first-order valence-electron chi connectivity index (χ1n) is 9.72. The molecule has 0 spiro atoms. The van der Waals surface area contributed by atoms with Crippen LogP contribution in [0.2, 0.25) is 0 Å². The summed E-state index contributed by atoms with van der Waals surface area (Å²) in [5.74, 6) is -1.09. The van der Waals surface area contributed by atoms with Gasteiger partial charge in [-0.05, 0) is 37.8 Å². The molecule has 0 radical (unpaired) electrons. The van der Waals surface area contributed by atoms with E-state index in [1.807, 2.05) is 36.1 Å². The number of hydrogen-bond donors (Lipinski definition) is 0. The van der Waals surface area contributed by atoms with Gasteiger partial charge in [0.25, 0.3) is 11.8 Å². The molecule has 0 saturated carbocycles. The van der Waals surface area contributed by atoms with Crippen molar-refractivity contribution in [1.82, 2.24) is 9.80 Å². The molecule has 0 unspecified atom stereocenters. The van der Waals surface area contributed by atoms with Crippen molar-refractivity contribution in [3.05, 3.63) is 76.7 Å². The van der Waals surface area contributed by atoms with E-state index in [2.05, 4.69) is 0 Å². The third kappa shape index (κ3) is 3.33. The summed E-state index contributed by atoms with van der Waals surface area (Å²) < 4.78 is 14.1. The summed E-state index contributed by atoms with van der Waals surface area (Å²) in [6.07, 6.45) is 3.13. The molecule has 144 valence electrons. The summed E-state index contributed by atoms with van der Waals surface area (Å²) in [5, 5.41) is 0. The normalized spacial score (nSPS) is 17.6. The molecular weight excluding hydrogens is 355 g/mol. The second-order valence-electron chi connectivity index (χ2n) is 7.43. The van der Waals surface area contributed by atoms with Crippen LogP contribution in [0.25, 0.3) is 5.57 Å². The number of halogens is 1. The van der Waals surface area contributed by atoms with Crippen LogP contribution in [0.4, 0.5) is 4.39 Å². The molecule has 4 nitrogen and oxygen atoms in total. The average molecular weight is 378 g/mol. The van der Waals surface area contributed by atoms with Gasteiger partial charge in [0, 0.05) is 18.7 Å². The van der Waals surface area contributed by atoms with Gasteiger partial charge in [0.2, 0.25) is 0 Å². The Labute approximate surface area is 164 Å². The van der Waals surface area contributed by atoms with Crippen LogP contribution in [0.1, 0.15) is 36.0 Å². The van der Waals surface area contributed by atoms with E-state index in [9.17, 15) is 14.0 Å². The highest BCUT2D eigenvalue weighted by atomic mass is 19.1. The second-order valence-corrected chi connectivity index (χ2v) is 7.43. The monoisotopic (exact) mass is 378 g/mol. The lowest BCUT2D eigenvalue weighted by Crippen LogP contribution is -2.37. The molecule has 2 aliphatic heterocycles. The molecule has 2 aromatic rings. The molecular formula is C23H23FN2O2. The Morgan fingerprint density at radius 1 is 0.893 bits per heavy atom. The number of rotatable bonds is 4. The number of imide groups is 1. The summed E-state index contributed by atoms with van der Waals surface area (Å²) in [5.41, 5.74) is 3.06. The fraction of sp³-hybridized carbons (Fsp3) is 0.304. The number of piperidine rings is 1. The van der Waals surface area contributed by atoms with E-state index in [0.29, 0.717) is 16.8 Å². The summed E-state index contributed by atoms with van der Waals surface area (Å²) in [4.78, 5) is 29.7. The van der Waals surface area contributed by atoms with Crippen LogP contribution in [0.15, 0.2) is 54.2 Å². The first-order chi connectivity index (χ1) is 13.6. The average Bonchev–Trinajstić information content (AvgIpc) is 2.95. The molecule has 28 heavy (non-hydrogen) atoms. The highest BCUT2D eigenvalue weighted by Crippen LogP contribution is 2.34. The Hall–Kier alpha value is -2.95. The van der Waals surface area contributed by atoms with E-state index in [1.54, 1.807) is 18.2 Å². The Bertz CT molecular complexity index is 943. The minimum atomic E-state index is -0.411. The van der Waals surface area contributed by atoms with Gasteiger partial charge < -0.3 is 4.90 Å². The largest absolute Gasteiger partial charge is 0.366 e. The number of carbonyl (C=O) groups is 2. The maximum atomic E-state index is 14.1. The number of benzene rings is 2. The van der Waals surface area contributed by atoms with Gasteiger partial charge in [0.15, 0.2) is 0 Å². The fourth-order valence-corrected chi connectivity index (χ4v) is 3.90. The zero-order valence-corrected chi connectivity index (χ0v) is 16.0. The molecule has 0 N–H and O–H groups in total. The summed E-state index contributed by atoms with van der Waals surface area (Å²) in [7, 11) is 0. The van der Waals surface area contributed by atoms with Crippen molar-refractivity contribution < 1.29 is 14.0 Å². The molecule has 5 heteroatoms. The molecule has 0 bridgehead atoms. The van der Waals surface area contributed by atoms with Crippen molar-refractivity contribution in [2.75, 3.05) is 13.1 Å². The van der Waals surface area contributed by atoms with Gasteiger partial charge >= 0.3 is 0 Å². The van der Waals surface area contributed by atoms with Gasteiger partial charge in [0.1, 0.15) is 11.5 Å². The van der Waals surface area contributed by atoms with E-state index in [-0.39, 0.29) is 18.4 Å². The van der Waals surface area contributed by atoms with Gasteiger partial charge in [-0.1, -0.05) is 48.0 Å². The van der Waals surface area contributed by atoms with E-state index in [4.69, 9.17) is 0 Å². The number of carbonyl (C=O) groups excluding carboxylic acids is 2. The molecule has 1 saturated heterocycles. The molecule has 0 aliphatic carbocycles. The summed E-state index contributed by atoms with van der Waals surface area (Å²) >= 11 is 0. The Morgan fingerprint density at radius 2 is 1.57 bits per heavy atom. The zero-order valence-electron chi connectivity index (χ0n) is 16.0. The summed E-state index contributed by atoms with van der Waals surface area (Å²) in [6, 6.07) is 13.9. The van der Waals surface area contributed by atoms with Gasteiger partial charge in [-0.3, -0.25) is 14.5 Å². The second kappa shape index (κ2) is 7.58. The van der Waals surface area contributed by atoms with Crippen LogP contribution in [-0.4, -0.2) is 34.7 Å². The predicted octanol–water partition coefficient (Wildman–Crippen LogP) is 3.90. The van der Waals surface area contributed by atoms with E-state index in [0.717, 1.165) is 43.5 Å². The topological polar surface area (TPSA) is 40.6 Å². The lowest BCUT2D eigenvalue weighted by molar-refractivity contribution is -0.138. The van der Waals surface area contributed by atoms with Crippen LogP contribution >= 0.6 is 0 Å². The van der Waals surface area contributed by atoms with Crippen molar-refractivity contribution in [2.45, 2.75) is 32.7 Å². The van der Waals surface area contributed by atoms with Crippen LogP contribution < -0.4 is 0 Å². The number of amides is 2. The molecule has 2 aromatic carbocycles. The molecule has 2 heterocycles. The van der Waals surface area contributed by atoms with Crippen molar-refractivity contribution >= 4 is 17.4 Å². The Balaban J connectivity index is 1.74. The first kappa shape index (κ1) is 18.4. The predicted molar refractivity (Wildman–Crippen MR) is 105 cm³/mol. The fourth-order valence-electron chi connectivity index (χ4n) is 3.90. The van der Waals surface area contributed by atoms with Gasteiger partial charge in [0.05, 0.1) is 12.1 Å². The van der Waals surface area contributed by atoms with Crippen LogP contribution in [0.3, 0.4) is 0 Å². The molecule has 2 aliphatic rings. The number of likely N-dealkylation sites (tertiary alicyclic amines) is 1. The number of nitrogens with zero attached hydrogens (tertiary/aromatic N) is 2. The maximum absolute atomic E-state index is 14.1. The highest BCUT2D eigenvalue weighted by Gasteiger charge is 2.41. The van der Waals surface area contributed by atoms with E-state index in [1.165, 1.54) is 11.0 Å². The quantitative estimate of drug-likeness (QED) is 0.758. The molecule has 2 amide bonds. The van der Waals surface area contributed by atoms with Crippen LogP contribution in [0.5, 0.6) is 0 Å². The summed E-state index contributed by atoms with van der Waals surface area (Å²) in [6.45, 7) is 3.45. The highest BCUT2D eigenvalue weighted by molar-refractivity contribution is 6.35. The van der Waals surface area contributed by atoms with Crippen molar-refractivity contribution in [3.8, 4) is 0 Å². The molecule has 4 rings (SSSR count). The number of hydrogen-bond acceptors (Lipinski definition) is 3. The SMILES string of the molecule is Cc1ccc(C2=C(N3CCCCC3)C(=O)N(Cc3ccccc3F)C2=O)cc1. The smallest absolute Gasteiger partial charge is 0.278 e. The van der Waals surface area contributed by atoms with Crippen LogP contribution in [-0.2, 0) is 16.1 Å². The molecule has 1 fully saturated rings. The van der Waals surface area contributed by atoms with Gasteiger partial charge in [-0.2, -0.15) is 0 Å². The molecule has 0 atom stereocenters. The van der Waals surface area contributed by atoms with Crippen molar-refractivity contribution in [2.24, 2.45) is 0 Å². The minimum absolute atomic E-state index is 0.0585. The number of aryl methyl sites for hydroxylation is 1. The van der Waals surface area contributed by atoms with Crippen molar-refractivity contribution in [3.63, 3.8) is 0 Å². The third-order valence-corrected chi connectivity index (χ3v) is 5.44. The van der Waals surface area contributed by atoms with Gasteiger partial charge in [-0.25, -0.2) is 4.39 Å². The lowest BCUT2D eigenvalue weighted by Gasteiger charge is -2.29. The first-order valence-corrected chi connectivity index (χ1v) is 9.72. The third-order valence-electron chi connectivity index (χ3n) is 5.44. The van der Waals surface area contributed by atoms with Crippen molar-refractivity contribution in [1.29, 1.82) is 0 Å². The van der Waals surface area contributed by atoms with E-state index >= 15 is 0 Å².